The number of esters is 4. The molecule has 0 spiro atoms. The number of unbranched alkanes of at least 4 members (excludes halogenated alkanes) is 40. The molecule has 19 heteroatoms. The zero-order chi connectivity index (χ0) is 66.5. The summed E-state index contributed by atoms with van der Waals surface area (Å²) in [7, 11) is -9.90. The van der Waals surface area contributed by atoms with Gasteiger partial charge >= 0.3 is 39.5 Å². The quantitative estimate of drug-likeness (QED) is 0.0222. The van der Waals surface area contributed by atoms with Crippen LogP contribution < -0.4 is 0 Å². The number of ether oxygens (including phenoxy) is 4. The first-order chi connectivity index (χ1) is 43.4. The van der Waals surface area contributed by atoms with E-state index in [-0.39, 0.29) is 25.7 Å². The van der Waals surface area contributed by atoms with E-state index in [1.54, 1.807) is 0 Å². The Labute approximate surface area is 549 Å². The van der Waals surface area contributed by atoms with Crippen LogP contribution in [0.4, 0.5) is 0 Å². The molecule has 0 aliphatic rings. The Hall–Kier alpha value is -1.94. The van der Waals surface area contributed by atoms with Gasteiger partial charge in [0, 0.05) is 25.7 Å². The molecule has 0 aliphatic carbocycles. The molecule has 3 N–H and O–H groups in total. The van der Waals surface area contributed by atoms with E-state index in [0.717, 1.165) is 115 Å². The predicted octanol–water partition coefficient (Wildman–Crippen LogP) is 20.4. The molecule has 0 aromatic carbocycles. The topological polar surface area (TPSA) is 237 Å². The summed E-state index contributed by atoms with van der Waals surface area (Å²) in [5.74, 6) is -0.668. The summed E-state index contributed by atoms with van der Waals surface area (Å²) in [6.07, 6.45) is 48.9. The summed E-state index contributed by atoms with van der Waals surface area (Å²) >= 11 is 0. The Morgan fingerprint density at radius 3 is 0.756 bits per heavy atom. The molecule has 0 radical (unpaired) electrons. The molecule has 0 aliphatic heterocycles. The molecule has 0 saturated heterocycles. The molecule has 0 aromatic rings. The van der Waals surface area contributed by atoms with Crippen LogP contribution in [0.25, 0.3) is 0 Å². The molecule has 90 heavy (non-hydrogen) atoms. The Kier molecular flexibility index (Phi) is 61.8. The lowest BCUT2D eigenvalue weighted by atomic mass is 10.0. The van der Waals surface area contributed by atoms with Gasteiger partial charge in [0.25, 0.3) is 0 Å². The lowest BCUT2D eigenvalue weighted by Crippen LogP contribution is -2.30. The first-order valence-electron chi connectivity index (χ1n) is 37.0. The SMILES string of the molecule is CCCCCCCCCCCCCCCCCCCCCCC(=O)O[C@H](COC(=O)CCCCCCCCCCCC(C)C)COP(=O)(O)OC[C@@H](O)COP(=O)(O)OC[C@@H](COC(=O)CCCCCCCCC)OC(=O)CCCCCCCCCCC(C)C. The van der Waals surface area contributed by atoms with Gasteiger partial charge < -0.3 is 33.8 Å². The van der Waals surface area contributed by atoms with Crippen molar-refractivity contribution in [1.82, 2.24) is 0 Å². The van der Waals surface area contributed by atoms with Crippen LogP contribution in [-0.4, -0.2) is 96.7 Å². The minimum atomic E-state index is -4.95. The summed E-state index contributed by atoms with van der Waals surface area (Å²) in [4.78, 5) is 72.4. The van der Waals surface area contributed by atoms with Crippen molar-refractivity contribution in [2.75, 3.05) is 39.6 Å². The molecule has 534 valence electrons. The molecular formula is C71H138O17P2. The largest absolute Gasteiger partial charge is 0.472 e. The smallest absolute Gasteiger partial charge is 0.462 e. The zero-order valence-electron chi connectivity index (χ0n) is 58.4. The highest BCUT2D eigenvalue weighted by atomic mass is 31.2. The van der Waals surface area contributed by atoms with E-state index < -0.39 is 97.5 Å². The van der Waals surface area contributed by atoms with Crippen LogP contribution in [0.3, 0.4) is 0 Å². The highest BCUT2D eigenvalue weighted by Crippen LogP contribution is 2.45. The van der Waals surface area contributed by atoms with E-state index in [0.29, 0.717) is 25.7 Å². The van der Waals surface area contributed by atoms with Crippen LogP contribution in [0.2, 0.25) is 0 Å². The van der Waals surface area contributed by atoms with Crippen LogP contribution in [0.1, 0.15) is 363 Å². The molecule has 0 bridgehead atoms. The summed E-state index contributed by atoms with van der Waals surface area (Å²) in [6, 6.07) is 0. The molecule has 0 rings (SSSR count). The van der Waals surface area contributed by atoms with Crippen LogP contribution in [0.15, 0.2) is 0 Å². The molecule has 0 aromatic heterocycles. The summed E-state index contributed by atoms with van der Waals surface area (Å²) in [5, 5.41) is 10.6. The first-order valence-corrected chi connectivity index (χ1v) is 40.0. The average Bonchev–Trinajstić information content (AvgIpc) is 3.69. The highest BCUT2D eigenvalue weighted by Gasteiger charge is 2.30. The third-order valence-corrected chi connectivity index (χ3v) is 18.4. The number of hydrogen-bond acceptors (Lipinski definition) is 15. The lowest BCUT2D eigenvalue weighted by Gasteiger charge is -2.21. The van der Waals surface area contributed by atoms with Gasteiger partial charge in [-0.05, 0) is 37.5 Å². The maximum Gasteiger partial charge on any atom is 0.472 e. The third kappa shape index (κ3) is 64.8. The Morgan fingerprint density at radius 1 is 0.300 bits per heavy atom. The fraction of sp³-hybridized carbons (Fsp3) is 0.944. The Bertz CT molecular complexity index is 1750. The standard InChI is InChI=1S/C71H138O17P2/c1-7-9-11-13-15-16-17-18-19-20-21-22-23-24-25-26-29-37-43-49-55-70(75)87-67(60-82-69(74)54-48-42-36-30-27-28-34-39-45-51-63(3)4)62-86-90(79,80)84-58-65(72)57-83-89(77,78)85-61-66(59-81-68(73)53-47-41-33-14-12-10-8-2)88-71(76)56-50-44-38-32-31-35-40-46-52-64(5)6/h63-67,72H,7-62H2,1-6H3,(H,77,78)(H,79,80)/t65-,66+,67+/m0/s1. The number of phosphoric ester groups is 2. The van der Waals surface area contributed by atoms with Gasteiger partial charge in [-0.15, -0.1) is 0 Å². The van der Waals surface area contributed by atoms with E-state index in [4.69, 9.17) is 37.0 Å². The van der Waals surface area contributed by atoms with Crippen LogP contribution in [0.5, 0.6) is 0 Å². The van der Waals surface area contributed by atoms with Gasteiger partial charge in [0.2, 0.25) is 0 Å². The van der Waals surface area contributed by atoms with E-state index in [1.165, 1.54) is 167 Å². The second-order valence-corrected chi connectivity index (χ2v) is 29.5. The van der Waals surface area contributed by atoms with E-state index in [9.17, 15) is 43.2 Å². The molecule has 2 unspecified atom stereocenters. The Balaban J connectivity index is 5.16. The maximum atomic E-state index is 13.0. The van der Waals surface area contributed by atoms with Crippen LogP contribution in [0, 0.1) is 11.8 Å². The van der Waals surface area contributed by atoms with Crippen LogP contribution >= 0.6 is 15.6 Å². The van der Waals surface area contributed by atoms with Crippen molar-refractivity contribution in [1.29, 1.82) is 0 Å². The molecule has 0 amide bonds. The predicted molar refractivity (Wildman–Crippen MR) is 363 cm³/mol. The van der Waals surface area contributed by atoms with Crippen molar-refractivity contribution in [3.05, 3.63) is 0 Å². The molecule has 0 saturated carbocycles. The maximum absolute atomic E-state index is 13.0. The van der Waals surface area contributed by atoms with Crippen molar-refractivity contribution in [2.45, 2.75) is 381 Å². The minimum Gasteiger partial charge on any atom is -0.462 e. The van der Waals surface area contributed by atoms with Gasteiger partial charge in [-0.25, -0.2) is 9.13 Å². The number of phosphoric acid groups is 2. The summed E-state index contributed by atoms with van der Waals surface area (Å²) in [6.45, 7) is 9.45. The molecule has 17 nitrogen and oxygen atoms in total. The molecule has 5 atom stereocenters. The minimum absolute atomic E-state index is 0.104. The molecular weight excluding hydrogens is 1190 g/mol. The first kappa shape index (κ1) is 88.1. The summed E-state index contributed by atoms with van der Waals surface area (Å²) in [5.41, 5.74) is 0. The second kappa shape index (κ2) is 63.1. The van der Waals surface area contributed by atoms with Gasteiger partial charge in [0.1, 0.15) is 19.3 Å². The lowest BCUT2D eigenvalue weighted by molar-refractivity contribution is -0.161. The van der Waals surface area contributed by atoms with Gasteiger partial charge in [0.15, 0.2) is 12.2 Å². The fourth-order valence-corrected chi connectivity index (χ4v) is 12.3. The normalized spacial score (nSPS) is 14.1. The number of carbonyl (C=O) groups excluding carboxylic acids is 4. The van der Waals surface area contributed by atoms with Crippen molar-refractivity contribution in [3.8, 4) is 0 Å². The van der Waals surface area contributed by atoms with E-state index in [2.05, 4.69) is 41.5 Å². The van der Waals surface area contributed by atoms with Gasteiger partial charge in [-0.2, -0.15) is 0 Å². The third-order valence-electron chi connectivity index (χ3n) is 16.5. The Morgan fingerprint density at radius 2 is 0.511 bits per heavy atom. The number of aliphatic hydroxyl groups excluding tert-OH is 1. The molecule has 0 heterocycles. The van der Waals surface area contributed by atoms with Crippen molar-refractivity contribution >= 4 is 39.5 Å². The monoisotopic (exact) mass is 1320 g/mol. The number of aliphatic hydroxyl groups is 1. The number of carbonyl (C=O) groups is 4. The second-order valence-electron chi connectivity index (χ2n) is 26.6. The zero-order valence-corrected chi connectivity index (χ0v) is 60.2. The van der Waals surface area contributed by atoms with Gasteiger partial charge in [-0.1, -0.05) is 311 Å². The molecule has 0 fully saturated rings. The number of hydrogen-bond donors (Lipinski definition) is 3. The van der Waals surface area contributed by atoms with E-state index in [1.807, 2.05) is 0 Å². The highest BCUT2D eigenvalue weighted by molar-refractivity contribution is 7.47. The van der Waals surface area contributed by atoms with Crippen molar-refractivity contribution in [3.63, 3.8) is 0 Å². The van der Waals surface area contributed by atoms with Crippen LogP contribution in [-0.2, 0) is 65.4 Å². The van der Waals surface area contributed by atoms with Crippen molar-refractivity contribution in [2.24, 2.45) is 11.8 Å². The van der Waals surface area contributed by atoms with Gasteiger partial charge in [0.05, 0.1) is 26.4 Å². The summed E-state index contributed by atoms with van der Waals surface area (Å²) < 4.78 is 68.2. The number of rotatable bonds is 70. The fourth-order valence-electron chi connectivity index (χ4n) is 10.8. The van der Waals surface area contributed by atoms with Crippen molar-refractivity contribution < 1.29 is 80.2 Å². The van der Waals surface area contributed by atoms with E-state index >= 15 is 0 Å². The average molecular weight is 1330 g/mol. The van der Waals surface area contributed by atoms with Gasteiger partial charge in [-0.3, -0.25) is 37.3 Å².